The molecule has 0 spiro atoms. The molecule has 0 amide bonds. The van der Waals surface area contributed by atoms with E-state index in [1.807, 2.05) is 20.8 Å². The van der Waals surface area contributed by atoms with Crippen LogP contribution in [0, 0.1) is 24.2 Å². The Morgan fingerprint density at radius 1 is 1.27 bits per heavy atom. The molecule has 0 unspecified atom stereocenters. The van der Waals surface area contributed by atoms with Crippen LogP contribution in [0.25, 0.3) is 0 Å². The number of aliphatic hydroxyl groups excluding tert-OH is 1. The average Bonchev–Trinajstić information content (AvgIpc) is 3.07. The lowest BCUT2D eigenvalue weighted by molar-refractivity contribution is -0.213. The highest BCUT2D eigenvalue weighted by Gasteiger charge is 2.63. The monoisotopic (exact) mass is 462 g/mol. The Hall–Kier alpha value is -2.32. The Morgan fingerprint density at radius 2 is 1.94 bits per heavy atom. The van der Waals surface area contributed by atoms with Crippen molar-refractivity contribution in [3.63, 3.8) is 0 Å². The molecule has 8 heteroatoms. The molecule has 0 saturated heterocycles. The zero-order valence-electron chi connectivity index (χ0n) is 20.2. The van der Waals surface area contributed by atoms with E-state index in [2.05, 4.69) is 0 Å². The highest BCUT2D eigenvalue weighted by Crippen LogP contribution is 2.61. The summed E-state index contributed by atoms with van der Waals surface area (Å²) in [5.74, 6) is -1.10. The van der Waals surface area contributed by atoms with Gasteiger partial charge in [-0.05, 0) is 51.5 Å². The summed E-state index contributed by atoms with van der Waals surface area (Å²) in [4.78, 5) is 24.0. The SMILES string of the molecule is COc1c2c(c(C)c3c1C(=O)OC3)O[C@]1(C)C[C@H](O)[C@H](C(C)(C)O)[C@](C)(CCC(=O)O)[C@H]1C2. The fraction of sp³-hybridized carbons (Fsp3) is 0.680. The van der Waals surface area contributed by atoms with Crippen LogP contribution in [0.15, 0.2) is 0 Å². The van der Waals surface area contributed by atoms with Gasteiger partial charge in [0.05, 0.1) is 18.8 Å². The number of aliphatic carboxylic acids is 1. The Balaban J connectivity index is 1.91. The Morgan fingerprint density at radius 3 is 2.52 bits per heavy atom. The Kier molecular flexibility index (Phi) is 5.49. The zero-order valence-corrected chi connectivity index (χ0v) is 20.2. The fourth-order valence-electron chi connectivity index (χ4n) is 7.11. The molecule has 5 atom stereocenters. The zero-order chi connectivity index (χ0) is 24.5. The highest BCUT2D eigenvalue weighted by molar-refractivity contribution is 5.98. The van der Waals surface area contributed by atoms with Crippen LogP contribution in [0.1, 0.15) is 74.0 Å². The Labute approximate surface area is 193 Å². The predicted octanol–water partition coefficient (Wildman–Crippen LogP) is 3.01. The summed E-state index contributed by atoms with van der Waals surface area (Å²) >= 11 is 0. The summed E-state index contributed by atoms with van der Waals surface area (Å²) in [6, 6.07) is 0. The first-order valence-corrected chi connectivity index (χ1v) is 11.4. The number of hydrogen-bond acceptors (Lipinski definition) is 7. The van der Waals surface area contributed by atoms with Crippen molar-refractivity contribution in [1.29, 1.82) is 0 Å². The van der Waals surface area contributed by atoms with Crippen LogP contribution < -0.4 is 9.47 Å². The molecular weight excluding hydrogens is 428 g/mol. The van der Waals surface area contributed by atoms with Gasteiger partial charge in [-0.15, -0.1) is 0 Å². The minimum atomic E-state index is -1.24. The number of rotatable bonds is 5. The third-order valence-electron chi connectivity index (χ3n) is 8.25. The number of ether oxygens (including phenoxy) is 3. The van der Waals surface area contributed by atoms with Gasteiger partial charge in [-0.25, -0.2) is 4.79 Å². The van der Waals surface area contributed by atoms with Crippen molar-refractivity contribution in [3.8, 4) is 11.5 Å². The molecule has 0 aromatic heterocycles. The van der Waals surface area contributed by atoms with Crippen LogP contribution in [0.4, 0.5) is 0 Å². The van der Waals surface area contributed by atoms with Crippen molar-refractivity contribution in [3.05, 3.63) is 22.3 Å². The quantitative estimate of drug-likeness (QED) is 0.571. The van der Waals surface area contributed by atoms with Crippen LogP contribution in [0.3, 0.4) is 0 Å². The first-order valence-electron chi connectivity index (χ1n) is 11.4. The molecule has 2 heterocycles. The smallest absolute Gasteiger partial charge is 0.342 e. The third kappa shape index (κ3) is 3.49. The van der Waals surface area contributed by atoms with Crippen LogP contribution in [-0.2, 0) is 22.6 Å². The summed E-state index contributed by atoms with van der Waals surface area (Å²) in [5, 5.41) is 31.8. The first kappa shape index (κ1) is 23.8. The van der Waals surface area contributed by atoms with Gasteiger partial charge in [-0.1, -0.05) is 6.92 Å². The number of benzene rings is 1. The number of esters is 1. The summed E-state index contributed by atoms with van der Waals surface area (Å²) < 4.78 is 17.6. The summed E-state index contributed by atoms with van der Waals surface area (Å²) in [5.41, 5.74) is -0.0651. The van der Waals surface area contributed by atoms with E-state index < -0.39 is 40.6 Å². The van der Waals surface area contributed by atoms with Gasteiger partial charge in [0.2, 0.25) is 0 Å². The molecule has 182 valence electrons. The lowest BCUT2D eigenvalue weighted by Crippen LogP contribution is -2.66. The lowest BCUT2D eigenvalue weighted by Gasteiger charge is -2.61. The van der Waals surface area contributed by atoms with E-state index in [1.165, 1.54) is 7.11 Å². The topological polar surface area (TPSA) is 123 Å². The van der Waals surface area contributed by atoms with Gasteiger partial charge >= 0.3 is 11.9 Å². The highest BCUT2D eigenvalue weighted by atomic mass is 16.5. The molecular formula is C25H34O8. The standard InChI is InChI=1S/C25H34O8/c1-12-14-11-32-22(29)18(14)20(31-6)13-9-16-24(4,8-7-17(27)28)21(23(2,3)30)15(26)10-25(16,5)33-19(12)13/h15-16,21,26,30H,7-11H2,1-6H3,(H,27,28)/t15-,16+,21+,24+,25+/m0/s1. The van der Waals surface area contributed by atoms with E-state index in [-0.39, 0.29) is 25.4 Å². The second-order valence-electron chi connectivity index (χ2n) is 10.9. The normalized spacial score (nSPS) is 32.8. The second-order valence-corrected chi connectivity index (χ2v) is 10.9. The molecule has 1 saturated carbocycles. The van der Waals surface area contributed by atoms with Gasteiger partial charge in [0.1, 0.15) is 29.3 Å². The van der Waals surface area contributed by atoms with Crippen LogP contribution >= 0.6 is 0 Å². The van der Waals surface area contributed by atoms with E-state index in [0.717, 1.165) is 16.7 Å². The van der Waals surface area contributed by atoms with Gasteiger partial charge in [0.15, 0.2) is 0 Å². The van der Waals surface area contributed by atoms with Crippen LogP contribution in [0.5, 0.6) is 11.5 Å². The van der Waals surface area contributed by atoms with Gasteiger partial charge < -0.3 is 29.5 Å². The van der Waals surface area contributed by atoms with Crippen molar-refractivity contribution in [2.75, 3.05) is 7.11 Å². The number of carbonyl (C=O) groups excluding carboxylic acids is 1. The number of aliphatic hydroxyl groups is 2. The summed E-state index contributed by atoms with van der Waals surface area (Å²) in [6.07, 6.45) is 0.0469. The van der Waals surface area contributed by atoms with Gasteiger partial charge in [-0.2, -0.15) is 0 Å². The van der Waals surface area contributed by atoms with E-state index in [9.17, 15) is 24.9 Å². The van der Waals surface area contributed by atoms with Crippen LogP contribution in [0.2, 0.25) is 0 Å². The summed E-state index contributed by atoms with van der Waals surface area (Å²) in [6.45, 7) is 9.27. The molecule has 4 rings (SSSR count). The molecule has 3 N–H and O–H groups in total. The maximum Gasteiger partial charge on any atom is 0.342 e. The molecule has 0 radical (unpaired) electrons. The largest absolute Gasteiger partial charge is 0.495 e. The van der Waals surface area contributed by atoms with Gasteiger partial charge in [-0.3, -0.25) is 4.79 Å². The molecule has 1 fully saturated rings. The average molecular weight is 463 g/mol. The molecule has 8 nitrogen and oxygen atoms in total. The molecule has 3 aliphatic rings. The van der Waals surface area contributed by atoms with Crippen molar-refractivity contribution >= 4 is 11.9 Å². The minimum absolute atomic E-state index is 0.0953. The molecule has 33 heavy (non-hydrogen) atoms. The van der Waals surface area contributed by atoms with Crippen molar-refractivity contribution in [2.24, 2.45) is 17.3 Å². The van der Waals surface area contributed by atoms with E-state index in [0.29, 0.717) is 29.9 Å². The first-order chi connectivity index (χ1) is 15.2. The number of carbonyl (C=O) groups is 2. The molecule has 1 aromatic rings. The lowest BCUT2D eigenvalue weighted by atomic mass is 9.48. The maximum absolute atomic E-state index is 12.5. The number of hydrogen-bond donors (Lipinski definition) is 3. The van der Waals surface area contributed by atoms with Crippen molar-refractivity contribution in [1.82, 2.24) is 0 Å². The van der Waals surface area contributed by atoms with Crippen molar-refractivity contribution < 1.29 is 39.1 Å². The van der Waals surface area contributed by atoms with Gasteiger partial charge in [0.25, 0.3) is 0 Å². The molecule has 2 aliphatic heterocycles. The minimum Gasteiger partial charge on any atom is -0.495 e. The maximum atomic E-state index is 12.5. The summed E-state index contributed by atoms with van der Waals surface area (Å²) in [7, 11) is 1.51. The molecule has 0 bridgehead atoms. The molecule has 1 aromatic carbocycles. The van der Waals surface area contributed by atoms with Crippen LogP contribution in [-0.4, -0.2) is 51.7 Å². The number of fused-ring (bicyclic) bond motifs is 3. The number of carboxylic acid groups (broad SMARTS) is 1. The Bertz CT molecular complexity index is 1010. The van der Waals surface area contributed by atoms with E-state index in [4.69, 9.17) is 14.2 Å². The number of methoxy groups -OCH3 is 1. The second kappa shape index (κ2) is 7.60. The fourth-order valence-corrected chi connectivity index (χ4v) is 7.11. The van der Waals surface area contributed by atoms with E-state index in [1.54, 1.807) is 13.8 Å². The number of carboxylic acids is 1. The van der Waals surface area contributed by atoms with Gasteiger partial charge in [0, 0.05) is 35.8 Å². The predicted molar refractivity (Wildman–Crippen MR) is 118 cm³/mol. The van der Waals surface area contributed by atoms with E-state index >= 15 is 0 Å². The number of cyclic esters (lactones) is 1. The van der Waals surface area contributed by atoms with Crippen molar-refractivity contribution in [2.45, 2.75) is 84.2 Å². The molecule has 1 aliphatic carbocycles. The third-order valence-corrected chi connectivity index (χ3v) is 8.25.